The number of fused-ring (bicyclic) bond motifs is 1. The third-order valence-corrected chi connectivity index (χ3v) is 5.66. The smallest absolute Gasteiger partial charge is 0.337 e. The lowest BCUT2D eigenvalue weighted by Gasteiger charge is -2.08. The Hall–Kier alpha value is -2.60. The molecule has 0 bridgehead atoms. The van der Waals surface area contributed by atoms with E-state index in [2.05, 4.69) is 0 Å². The monoisotopic (exact) mass is 343 g/mol. The number of ether oxygens (including phenoxy) is 1. The minimum atomic E-state index is -3.75. The number of hydrogen-bond donors (Lipinski definition) is 0. The molecule has 3 aromatic rings. The average molecular weight is 343 g/mol. The molecule has 124 valence electrons. The average Bonchev–Trinajstić information content (AvgIpc) is 2.91. The van der Waals surface area contributed by atoms with Gasteiger partial charge in [0.2, 0.25) is 0 Å². The van der Waals surface area contributed by atoms with Crippen LogP contribution in [0.2, 0.25) is 0 Å². The van der Waals surface area contributed by atoms with E-state index in [1.807, 2.05) is 13.8 Å². The zero-order chi connectivity index (χ0) is 17.5. The lowest BCUT2D eigenvalue weighted by molar-refractivity contribution is 0.0601. The number of esters is 1. The van der Waals surface area contributed by atoms with Gasteiger partial charge >= 0.3 is 5.97 Å². The Morgan fingerprint density at radius 3 is 2.33 bits per heavy atom. The van der Waals surface area contributed by atoms with Crippen LogP contribution in [0.15, 0.2) is 53.6 Å². The minimum Gasteiger partial charge on any atom is -0.465 e. The van der Waals surface area contributed by atoms with Gasteiger partial charge in [-0.25, -0.2) is 17.2 Å². The van der Waals surface area contributed by atoms with Crippen molar-refractivity contribution in [2.45, 2.75) is 18.7 Å². The van der Waals surface area contributed by atoms with E-state index in [0.717, 1.165) is 16.5 Å². The van der Waals surface area contributed by atoms with Crippen LogP contribution in [0.3, 0.4) is 0 Å². The van der Waals surface area contributed by atoms with Gasteiger partial charge in [0, 0.05) is 11.6 Å². The number of carbonyl (C=O) groups is 1. The van der Waals surface area contributed by atoms with Crippen LogP contribution >= 0.6 is 0 Å². The fourth-order valence-electron chi connectivity index (χ4n) is 2.63. The van der Waals surface area contributed by atoms with Crippen molar-refractivity contribution in [3.05, 3.63) is 65.4 Å². The van der Waals surface area contributed by atoms with Gasteiger partial charge in [0.15, 0.2) is 0 Å². The third-order valence-electron chi connectivity index (χ3n) is 3.97. The molecule has 0 aliphatic heterocycles. The highest BCUT2D eigenvalue weighted by molar-refractivity contribution is 7.90. The molecular weight excluding hydrogens is 326 g/mol. The molecule has 1 heterocycles. The Morgan fingerprint density at radius 2 is 1.71 bits per heavy atom. The van der Waals surface area contributed by atoms with Crippen molar-refractivity contribution in [1.82, 2.24) is 3.97 Å². The van der Waals surface area contributed by atoms with E-state index in [1.165, 1.54) is 11.1 Å². The molecule has 0 fully saturated rings. The van der Waals surface area contributed by atoms with Gasteiger partial charge < -0.3 is 4.74 Å². The van der Waals surface area contributed by atoms with E-state index < -0.39 is 16.0 Å². The van der Waals surface area contributed by atoms with Gasteiger partial charge in [-0.3, -0.25) is 0 Å². The first-order valence-electron chi connectivity index (χ1n) is 7.37. The second-order valence-corrected chi connectivity index (χ2v) is 7.46. The molecule has 0 atom stereocenters. The topological polar surface area (TPSA) is 65.4 Å². The van der Waals surface area contributed by atoms with Gasteiger partial charge in [-0.1, -0.05) is 23.8 Å². The minimum absolute atomic E-state index is 0.202. The van der Waals surface area contributed by atoms with E-state index in [9.17, 15) is 13.2 Å². The zero-order valence-electron chi connectivity index (χ0n) is 13.6. The number of methoxy groups -OCH3 is 1. The number of aromatic nitrogens is 1. The lowest BCUT2D eigenvalue weighted by atomic mass is 10.1. The van der Waals surface area contributed by atoms with Crippen molar-refractivity contribution >= 4 is 26.9 Å². The standard InChI is InChI=1S/C18H17NO4S/c1-12-4-7-15(8-5-12)24(21,22)19-11-13(2)16-9-6-14(10-17(16)19)18(20)23-3/h4-11H,1-3H3. The Bertz CT molecular complexity index is 1030. The molecule has 2 aromatic carbocycles. The maximum Gasteiger partial charge on any atom is 0.337 e. The summed E-state index contributed by atoms with van der Waals surface area (Å²) in [4.78, 5) is 12.0. The first kappa shape index (κ1) is 16.3. The van der Waals surface area contributed by atoms with E-state index in [-0.39, 0.29) is 4.90 Å². The van der Waals surface area contributed by atoms with Gasteiger partial charge in [-0.05, 0) is 43.7 Å². The molecule has 3 rings (SSSR count). The lowest BCUT2D eigenvalue weighted by Crippen LogP contribution is -2.12. The van der Waals surface area contributed by atoms with E-state index in [1.54, 1.807) is 48.7 Å². The summed E-state index contributed by atoms with van der Waals surface area (Å²) in [5, 5.41) is 0.776. The summed E-state index contributed by atoms with van der Waals surface area (Å²) < 4.78 is 31.9. The summed E-state index contributed by atoms with van der Waals surface area (Å²) in [6.07, 6.45) is 1.57. The van der Waals surface area contributed by atoms with E-state index in [4.69, 9.17) is 4.74 Å². The molecular formula is C18H17NO4S. The van der Waals surface area contributed by atoms with Crippen LogP contribution in [-0.2, 0) is 14.8 Å². The highest BCUT2D eigenvalue weighted by Crippen LogP contribution is 2.27. The molecule has 0 unspecified atom stereocenters. The van der Waals surface area contributed by atoms with Gasteiger partial charge in [-0.15, -0.1) is 0 Å². The molecule has 0 N–H and O–H groups in total. The van der Waals surface area contributed by atoms with Gasteiger partial charge in [0.1, 0.15) is 0 Å². The Balaban J connectivity index is 2.25. The van der Waals surface area contributed by atoms with Crippen LogP contribution in [0.1, 0.15) is 21.5 Å². The second kappa shape index (κ2) is 5.79. The number of carbonyl (C=O) groups excluding carboxylic acids is 1. The number of benzene rings is 2. The van der Waals surface area contributed by atoms with Gasteiger partial charge in [0.05, 0.1) is 23.1 Å². The molecule has 0 spiro atoms. The fraction of sp³-hybridized carbons (Fsp3) is 0.167. The van der Waals surface area contributed by atoms with Crippen LogP contribution in [0.4, 0.5) is 0 Å². The second-order valence-electron chi connectivity index (χ2n) is 5.65. The van der Waals surface area contributed by atoms with Crippen molar-refractivity contribution in [2.24, 2.45) is 0 Å². The fourth-order valence-corrected chi connectivity index (χ4v) is 4.04. The summed E-state index contributed by atoms with van der Waals surface area (Å²) in [6, 6.07) is 11.6. The van der Waals surface area contributed by atoms with E-state index >= 15 is 0 Å². The summed E-state index contributed by atoms with van der Waals surface area (Å²) >= 11 is 0. The van der Waals surface area contributed by atoms with E-state index in [0.29, 0.717) is 11.1 Å². The third kappa shape index (κ3) is 2.59. The Labute approximate surface area is 140 Å². The quantitative estimate of drug-likeness (QED) is 0.685. The number of rotatable bonds is 3. The zero-order valence-corrected chi connectivity index (χ0v) is 14.4. The summed E-state index contributed by atoms with van der Waals surface area (Å²) in [5.41, 5.74) is 2.56. The van der Waals surface area contributed by atoms with Crippen molar-refractivity contribution < 1.29 is 17.9 Å². The number of aryl methyl sites for hydroxylation is 2. The number of nitrogens with zero attached hydrogens (tertiary/aromatic N) is 1. The molecule has 24 heavy (non-hydrogen) atoms. The summed E-state index contributed by atoms with van der Waals surface area (Å²) in [7, 11) is -2.45. The molecule has 0 aliphatic rings. The Morgan fingerprint density at radius 1 is 1.04 bits per heavy atom. The van der Waals surface area contributed by atoms with Crippen LogP contribution in [0.5, 0.6) is 0 Å². The molecule has 0 aliphatic carbocycles. The highest BCUT2D eigenvalue weighted by atomic mass is 32.2. The molecule has 0 saturated heterocycles. The maximum atomic E-state index is 13.0. The van der Waals surface area contributed by atoms with Crippen molar-refractivity contribution in [3.63, 3.8) is 0 Å². The first-order valence-corrected chi connectivity index (χ1v) is 8.81. The normalized spacial score (nSPS) is 11.6. The first-order chi connectivity index (χ1) is 11.3. The summed E-state index contributed by atoms with van der Waals surface area (Å²) in [6.45, 7) is 3.73. The van der Waals surface area contributed by atoms with Crippen LogP contribution in [0.25, 0.3) is 10.9 Å². The SMILES string of the molecule is COC(=O)c1ccc2c(C)cn(S(=O)(=O)c3ccc(C)cc3)c2c1. The molecule has 6 heteroatoms. The van der Waals surface area contributed by atoms with Crippen LogP contribution < -0.4 is 0 Å². The van der Waals surface area contributed by atoms with Crippen molar-refractivity contribution in [1.29, 1.82) is 0 Å². The highest BCUT2D eigenvalue weighted by Gasteiger charge is 2.21. The predicted octanol–water partition coefficient (Wildman–Crippen LogP) is 3.28. The van der Waals surface area contributed by atoms with Crippen LogP contribution in [-0.4, -0.2) is 25.5 Å². The van der Waals surface area contributed by atoms with Crippen molar-refractivity contribution in [2.75, 3.05) is 7.11 Å². The molecule has 1 aromatic heterocycles. The number of hydrogen-bond acceptors (Lipinski definition) is 4. The predicted molar refractivity (Wildman–Crippen MR) is 91.8 cm³/mol. The molecule has 0 saturated carbocycles. The molecule has 5 nitrogen and oxygen atoms in total. The molecule has 0 amide bonds. The van der Waals surface area contributed by atoms with Crippen LogP contribution in [0, 0.1) is 13.8 Å². The summed E-state index contributed by atoms with van der Waals surface area (Å²) in [5.74, 6) is -0.505. The Kier molecular flexibility index (Phi) is 3.93. The maximum absolute atomic E-state index is 13.0. The largest absolute Gasteiger partial charge is 0.465 e. The molecule has 0 radical (unpaired) electrons. The van der Waals surface area contributed by atoms with Gasteiger partial charge in [0.25, 0.3) is 10.0 Å². The van der Waals surface area contributed by atoms with Crippen molar-refractivity contribution in [3.8, 4) is 0 Å². The van der Waals surface area contributed by atoms with Gasteiger partial charge in [-0.2, -0.15) is 0 Å².